The molecule has 0 bridgehead atoms. The summed E-state index contributed by atoms with van der Waals surface area (Å²) in [5.41, 5.74) is 0. The summed E-state index contributed by atoms with van der Waals surface area (Å²) in [5.74, 6) is -6.09. The van der Waals surface area contributed by atoms with Gasteiger partial charge in [0, 0.05) is 19.8 Å². The molecule has 23 heteroatoms. The number of carboxylic acid groups (broad SMARTS) is 1. The fourth-order valence-electron chi connectivity index (χ4n) is 14.1. The van der Waals surface area contributed by atoms with Crippen LogP contribution in [0.25, 0.3) is 0 Å². The van der Waals surface area contributed by atoms with E-state index in [1.165, 1.54) is 212 Å². The highest BCUT2D eigenvalue weighted by Gasteiger charge is 2.60. The van der Waals surface area contributed by atoms with Gasteiger partial charge in [0.1, 0.15) is 67.1 Å². The maximum Gasteiger partial charge on any atom is 0.364 e. The lowest BCUT2D eigenvalue weighted by molar-refractivity contribution is -0.386. The van der Waals surface area contributed by atoms with Gasteiger partial charge in [0.15, 0.2) is 12.6 Å². The molecule has 23 nitrogen and oxygen atoms in total. The van der Waals surface area contributed by atoms with Crippen LogP contribution in [0, 0.1) is 0 Å². The Kier molecular flexibility index (Phi) is 52.0. The van der Waals surface area contributed by atoms with Gasteiger partial charge in [-0.15, -0.1) is 0 Å². The monoisotopic (exact) mass is 1430 g/mol. The molecule has 0 radical (unpaired) electrons. The summed E-state index contributed by atoms with van der Waals surface area (Å²) in [5, 5.41) is 137. The first-order chi connectivity index (χ1) is 48.4. The molecule has 100 heavy (non-hydrogen) atoms. The van der Waals surface area contributed by atoms with Gasteiger partial charge in [-0.25, -0.2) is 4.79 Å². The van der Waals surface area contributed by atoms with E-state index >= 15 is 0 Å². The molecule has 3 rings (SSSR count). The Morgan fingerprint density at radius 1 is 0.510 bits per heavy atom. The summed E-state index contributed by atoms with van der Waals surface area (Å²) < 4.78 is 35.0. The SMILES string of the molecule is CCCCCCCCCCCCCC/C=C\CCCCCCCCCCCCC(=O)NC(COC1OC(CO)C(OC2OC(CO)C(O)C(OC3(C(=O)O)CC(O)C(NC(C)=O)C(C(O)C(O)CO)O3)C2O)C(O)C1O)C(O)CCCCCCCCCCCCCCCCCCCCCC. The molecule has 0 aromatic carbocycles. The van der Waals surface area contributed by atoms with Crippen molar-refractivity contribution in [2.75, 3.05) is 26.4 Å². The van der Waals surface area contributed by atoms with Crippen LogP contribution in [0.4, 0.5) is 0 Å². The average molecular weight is 1430 g/mol. The lowest BCUT2D eigenvalue weighted by Crippen LogP contribution is -2.70. The van der Waals surface area contributed by atoms with Gasteiger partial charge in [-0.3, -0.25) is 9.59 Å². The van der Waals surface area contributed by atoms with Crippen LogP contribution in [0.2, 0.25) is 0 Å². The van der Waals surface area contributed by atoms with E-state index in [0.717, 1.165) is 64.7 Å². The molecule has 18 unspecified atom stereocenters. The highest BCUT2D eigenvalue weighted by Crippen LogP contribution is 2.39. The van der Waals surface area contributed by atoms with Gasteiger partial charge in [-0.2, -0.15) is 0 Å². The lowest BCUT2D eigenvalue weighted by atomic mass is 9.88. The first-order valence-corrected chi connectivity index (χ1v) is 40.0. The van der Waals surface area contributed by atoms with Crippen molar-refractivity contribution in [1.29, 1.82) is 0 Å². The Morgan fingerprint density at radius 2 is 0.930 bits per heavy atom. The second-order valence-electron chi connectivity index (χ2n) is 29.3. The van der Waals surface area contributed by atoms with Crippen molar-refractivity contribution in [3.63, 3.8) is 0 Å². The van der Waals surface area contributed by atoms with Crippen LogP contribution in [0.3, 0.4) is 0 Å². The molecule has 14 N–H and O–H groups in total. The number of carboxylic acids is 1. The van der Waals surface area contributed by atoms with Gasteiger partial charge in [0.25, 0.3) is 5.79 Å². The number of rotatable bonds is 63. The van der Waals surface area contributed by atoms with Crippen molar-refractivity contribution < 1.29 is 104 Å². The van der Waals surface area contributed by atoms with E-state index in [9.17, 15) is 75.7 Å². The number of aliphatic hydroxyl groups excluding tert-OH is 11. The second-order valence-corrected chi connectivity index (χ2v) is 29.3. The van der Waals surface area contributed by atoms with E-state index in [4.69, 9.17) is 28.4 Å². The van der Waals surface area contributed by atoms with Crippen LogP contribution in [-0.4, -0.2) is 215 Å². The van der Waals surface area contributed by atoms with Gasteiger partial charge >= 0.3 is 5.97 Å². The van der Waals surface area contributed by atoms with Gasteiger partial charge in [-0.1, -0.05) is 276 Å². The molecular formula is C77H144N2O21. The van der Waals surface area contributed by atoms with E-state index in [0.29, 0.717) is 19.3 Å². The van der Waals surface area contributed by atoms with E-state index in [1.54, 1.807) is 0 Å². The van der Waals surface area contributed by atoms with Crippen molar-refractivity contribution >= 4 is 17.8 Å². The molecule has 0 spiro atoms. The van der Waals surface area contributed by atoms with Crippen LogP contribution >= 0.6 is 0 Å². The summed E-state index contributed by atoms with van der Waals surface area (Å²) in [4.78, 5) is 38.7. The van der Waals surface area contributed by atoms with Crippen LogP contribution < -0.4 is 10.6 Å². The lowest BCUT2D eigenvalue weighted by Gasteiger charge is -2.50. The number of carbonyl (C=O) groups excluding carboxylic acids is 2. The number of unbranched alkanes of at least 4 members (excludes halogenated alkanes) is 41. The Balaban J connectivity index is 1.52. The van der Waals surface area contributed by atoms with Crippen molar-refractivity contribution in [2.24, 2.45) is 0 Å². The second kappa shape index (κ2) is 56.8. The molecule has 18 atom stereocenters. The number of aliphatic carboxylic acids is 1. The zero-order chi connectivity index (χ0) is 73.2. The predicted octanol–water partition coefficient (Wildman–Crippen LogP) is 10.2. The highest BCUT2D eigenvalue weighted by molar-refractivity contribution is 5.77. The smallest absolute Gasteiger partial charge is 0.364 e. The summed E-state index contributed by atoms with van der Waals surface area (Å²) in [6.07, 6.45) is 30.6. The third-order valence-electron chi connectivity index (χ3n) is 20.5. The highest BCUT2D eigenvalue weighted by atomic mass is 16.8. The Morgan fingerprint density at radius 3 is 1.35 bits per heavy atom. The minimum Gasteiger partial charge on any atom is -0.477 e. The number of amides is 2. The van der Waals surface area contributed by atoms with Gasteiger partial charge in [0.05, 0.1) is 50.7 Å². The van der Waals surface area contributed by atoms with Gasteiger partial charge in [-0.05, 0) is 38.5 Å². The molecule has 0 saturated carbocycles. The minimum absolute atomic E-state index is 0.224. The Bertz CT molecular complexity index is 2050. The molecule has 588 valence electrons. The molecule has 3 heterocycles. The maximum absolute atomic E-state index is 13.6. The van der Waals surface area contributed by atoms with E-state index < -0.39 is 148 Å². The standard InChI is InChI=1S/C77H144N2O21/c1-4-6-8-10-12-14-16-18-20-22-24-26-27-28-29-30-31-33-35-37-39-41-43-45-47-49-51-64(87)79-58(59(84)50-48-46-44-42-40-38-36-34-32-25-23-21-19-17-15-13-11-9-7-5-2)56-95-74-69(91)68(90)71(63(55-82)97-74)98-75-70(92)73(67(89)62(54-81)96-75)100-77(76(93)94)52-60(85)65(78-57(3)83)72(99-77)66(88)61(86)53-80/h28-29,58-63,65-75,80-82,84-86,88-92H,4-27,30-56H2,1-3H3,(H,78,83)(H,79,87)(H,93,94)/b29-28-. The van der Waals surface area contributed by atoms with Crippen molar-refractivity contribution in [3.8, 4) is 0 Å². The molecule has 2 amide bonds. The topological polar surface area (TPSA) is 373 Å². The zero-order valence-electron chi connectivity index (χ0n) is 62.1. The van der Waals surface area contributed by atoms with Gasteiger partial charge in [0.2, 0.25) is 11.8 Å². The van der Waals surface area contributed by atoms with E-state index in [2.05, 4.69) is 36.6 Å². The zero-order valence-corrected chi connectivity index (χ0v) is 62.1. The molecule has 3 aliphatic rings. The Labute approximate surface area is 601 Å². The number of allylic oxidation sites excluding steroid dienone is 2. The third kappa shape index (κ3) is 37.1. The van der Waals surface area contributed by atoms with Crippen LogP contribution in [-0.2, 0) is 42.8 Å². The molecule has 0 aromatic rings. The summed E-state index contributed by atoms with van der Waals surface area (Å²) in [6.45, 7) is 2.26. The number of hydrogen-bond donors (Lipinski definition) is 14. The van der Waals surface area contributed by atoms with Crippen LogP contribution in [0.15, 0.2) is 12.2 Å². The normalized spacial score (nSPS) is 27.0. The predicted molar refractivity (Wildman–Crippen MR) is 385 cm³/mol. The Hall–Kier alpha value is -2.53. The first-order valence-electron chi connectivity index (χ1n) is 40.0. The maximum atomic E-state index is 13.6. The van der Waals surface area contributed by atoms with Gasteiger partial charge < -0.3 is 100 Å². The number of aliphatic hydroxyl groups is 11. The van der Waals surface area contributed by atoms with Crippen molar-refractivity contribution in [3.05, 3.63) is 12.2 Å². The number of nitrogens with one attached hydrogen (secondary N) is 2. The molecule has 3 saturated heterocycles. The first kappa shape index (κ1) is 91.7. The number of hydrogen-bond acceptors (Lipinski definition) is 20. The largest absolute Gasteiger partial charge is 0.477 e. The summed E-state index contributed by atoms with van der Waals surface area (Å²) in [6, 6.07) is -2.53. The summed E-state index contributed by atoms with van der Waals surface area (Å²) >= 11 is 0. The van der Waals surface area contributed by atoms with Crippen LogP contribution in [0.1, 0.15) is 323 Å². The number of carbonyl (C=O) groups is 3. The minimum atomic E-state index is -3.08. The molecule has 3 fully saturated rings. The quantitative estimate of drug-likeness (QED) is 0.0199. The molecule has 3 aliphatic heterocycles. The fraction of sp³-hybridized carbons (Fsp3) is 0.935. The summed E-state index contributed by atoms with van der Waals surface area (Å²) in [7, 11) is 0. The van der Waals surface area contributed by atoms with Crippen molar-refractivity contribution in [1.82, 2.24) is 10.6 Å². The molecular weight excluding hydrogens is 1290 g/mol. The van der Waals surface area contributed by atoms with E-state index in [1.807, 2.05) is 0 Å². The van der Waals surface area contributed by atoms with Crippen molar-refractivity contribution in [2.45, 2.75) is 432 Å². The number of ether oxygens (including phenoxy) is 6. The third-order valence-corrected chi connectivity index (χ3v) is 20.5. The molecule has 0 aliphatic carbocycles. The fourth-order valence-corrected chi connectivity index (χ4v) is 14.1. The molecule has 0 aromatic heterocycles. The van der Waals surface area contributed by atoms with E-state index in [-0.39, 0.29) is 18.9 Å². The van der Waals surface area contributed by atoms with Crippen LogP contribution in [0.5, 0.6) is 0 Å². The average Bonchev–Trinajstić information content (AvgIpc) is 0.753.